The van der Waals surface area contributed by atoms with E-state index >= 15 is 0 Å². The third kappa shape index (κ3) is 5.04. The number of nitrogens with one attached hydrogen (secondary N) is 1. The van der Waals surface area contributed by atoms with Crippen LogP contribution in [0.3, 0.4) is 0 Å². The van der Waals surface area contributed by atoms with Crippen molar-refractivity contribution in [2.45, 2.75) is 32.2 Å². The van der Waals surface area contributed by atoms with Crippen molar-refractivity contribution in [3.8, 4) is 0 Å². The minimum absolute atomic E-state index is 0.129. The van der Waals surface area contributed by atoms with E-state index in [0.717, 1.165) is 0 Å². The Balaban J connectivity index is 2.43. The lowest BCUT2D eigenvalue weighted by Crippen LogP contribution is -2.33. The molecule has 3 N–H and O–H groups in total. The summed E-state index contributed by atoms with van der Waals surface area (Å²) in [5.41, 5.74) is 5.43. The molecule has 0 atom stereocenters. The molecule has 0 aliphatic heterocycles. The molecule has 1 aromatic heterocycles. The van der Waals surface area contributed by atoms with Gasteiger partial charge >= 0.3 is 0 Å². The van der Waals surface area contributed by atoms with Crippen molar-refractivity contribution >= 4 is 23.3 Å². The smallest absolute Gasteiger partial charge is 0.225 e. The zero-order valence-electron chi connectivity index (χ0n) is 9.33. The Bertz CT molecular complexity index is 358. The van der Waals surface area contributed by atoms with Crippen molar-refractivity contribution in [2.24, 2.45) is 5.73 Å². The number of carbonyl (C=O) groups excluding carboxylic acids is 1. The Morgan fingerprint density at radius 3 is 2.69 bits per heavy atom. The van der Waals surface area contributed by atoms with E-state index in [9.17, 15) is 4.79 Å². The summed E-state index contributed by atoms with van der Waals surface area (Å²) in [4.78, 5) is 11.5. The normalized spacial score (nSPS) is 11.2. The molecule has 1 amide bonds. The predicted molar refractivity (Wildman–Crippen MR) is 63.2 cm³/mol. The van der Waals surface area contributed by atoms with E-state index in [2.05, 4.69) is 15.5 Å². The number of nitrogens with two attached hydrogens (primary N) is 1. The maximum Gasteiger partial charge on any atom is 0.225 e. The van der Waals surface area contributed by atoms with Gasteiger partial charge in [0, 0.05) is 12.0 Å². The lowest BCUT2D eigenvalue weighted by Gasteiger charge is -2.17. The zero-order chi connectivity index (χ0) is 12.2. The molecule has 16 heavy (non-hydrogen) atoms. The first-order valence-corrected chi connectivity index (χ1v) is 5.32. The molecule has 0 fully saturated rings. The first kappa shape index (κ1) is 12.9. The fraction of sp³-hybridized carbons (Fsp3) is 0.500. The summed E-state index contributed by atoms with van der Waals surface area (Å²) in [5.74, 6) is 0.263. The fourth-order valence-electron chi connectivity index (χ4n) is 1.02. The van der Waals surface area contributed by atoms with Gasteiger partial charge in [-0.25, -0.2) is 0 Å². The molecule has 0 bridgehead atoms. The van der Waals surface area contributed by atoms with Gasteiger partial charge in [-0.3, -0.25) is 4.79 Å². The summed E-state index contributed by atoms with van der Waals surface area (Å²) >= 11 is 5.57. The Kier molecular flexibility index (Phi) is 4.20. The molecule has 0 saturated heterocycles. The third-order valence-electron chi connectivity index (χ3n) is 1.90. The van der Waals surface area contributed by atoms with Crippen LogP contribution in [-0.2, 0) is 4.79 Å². The van der Waals surface area contributed by atoms with Crippen LogP contribution in [0, 0.1) is 0 Å². The van der Waals surface area contributed by atoms with Gasteiger partial charge in [0.1, 0.15) is 0 Å². The fourth-order valence-corrected chi connectivity index (χ4v) is 1.12. The van der Waals surface area contributed by atoms with Gasteiger partial charge in [-0.05, 0) is 32.4 Å². The van der Waals surface area contributed by atoms with Crippen molar-refractivity contribution in [3.63, 3.8) is 0 Å². The van der Waals surface area contributed by atoms with Gasteiger partial charge in [-0.1, -0.05) is 11.6 Å². The van der Waals surface area contributed by atoms with E-state index in [0.29, 0.717) is 23.8 Å². The number of hydrogen-bond acceptors (Lipinski definition) is 4. The number of rotatable bonds is 4. The highest BCUT2D eigenvalue weighted by Gasteiger charge is 2.13. The summed E-state index contributed by atoms with van der Waals surface area (Å²) in [7, 11) is 0. The number of carbonyl (C=O) groups is 1. The lowest BCUT2D eigenvalue weighted by atomic mass is 10.00. The Hall–Kier alpha value is -1.20. The van der Waals surface area contributed by atoms with E-state index in [4.69, 9.17) is 17.3 Å². The highest BCUT2D eigenvalue weighted by Crippen LogP contribution is 2.10. The van der Waals surface area contributed by atoms with E-state index < -0.39 is 0 Å². The largest absolute Gasteiger partial charge is 0.326 e. The number of anilines is 1. The van der Waals surface area contributed by atoms with Crippen LogP contribution in [0.15, 0.2) is 12.1 Å². The zero-order valence-corrected chi connectivity index (χ0v) is 10.1. The molecule has 1 heterocycles. The molecule has 0 aromatic carbocycles. The van der Waals surface area contributed by atoms with Gasteiger partial charge in [0.2, 0.25) is 5.91 Å². The first-order valence-electron chi connectivity index (χ1n) is 4.95. The highest BCUT2D eigenvalue weighted by atomic mass is 35.5. The van der Waals surface area contributed by atoms with Gasteiger partial charge in [-0.2, -0.15) is 0 Å². The van der Waals surface area contributed by atoms with Crippen LogP contribution in [0.2, 0.25) is 5.15 Å². The highest BCUT2D eigenvalue weighted by molar-refractivity contribution is 6.29. The molecule has 0 radical (unpaired) electrons. The standard InChI is InChI=1S/C10H15ClN4O/c1-10(2,12)6-5-9(16)13-8-4-3-7(11)14-15-8/h3-4H,5-6,12H2,1-2H3,(H,13,15,16). The number of aromatic nitrogens is 2. The Morgan fingerprint density at radius 2 is 2.19 bits per heavy atom. The van der Waals surface area contributed by atoms with Gasteiger partial charge in [0.05, 0.1) is 0 Å². The third-order valence-corrected chi connectivity index (χ3v) is 2.10. The maximum atomic E-state index is 11.5. The van der Waals surface area contributed by atoms with E-state index in [1.54, 1.807) is 12.1 Å². The second-order valence-corrected chi connectivity index (χ2v) is 4.67. The molecule has 1 rings (SSSR count). The number of amides is 1. The summed E-state index contributed by atoms with van der Waals surface area (Å²) in [6.45, 7) is 3.75. The van der Waals surface area contributed by atoms with Gasteiger partial charge < -0.3 is 11.1 Å². The SMILES string of the molecule is CC(C)(N)CCC(=O)Nc1ccc(Cl)nn1. The van der Waals surface area contributed by atoms with E-state index in [1.807, 2.05) is 13.8 Å². The van der Waals surface area contributed by atoms with Gasteiger partial charge in [0.15, 0.2) is 11.0 Å². The second kappa shape index (κ2) is 5.23. The topological polar surface area (TPSA) is 80.9 Å². The van der Waals surface area contributed by atoms with Crippen LogP contribution >= 0.6 is 11.6 Å². The van der Waals surface area contributed by atoms with Crippen molar-refractivity contribution in [2.75, 3.05) is 5.32 Å². The van der Waals surface area contributed by atoms with Crippen LogP contribution in [0.4, 0.5) is 5.82 Å². The molecular weight excluding hydrogens is 228 g/mol. The van der Waals surface area contributed by atoms with Crippen LogP contribution < -0.4 is 11.1 Å². The molecule has 0 aliphatic carbocycles. The summed E-state index contributed by atoms with van der Waals surface area (Å²) < 4.78 is 0. The average Bonchev–Trinajstić information content (AvgIpc) is 2.18. The first-order chi connectivity index (χ1) is 7.37. The lowest BCUT2D eigenvalue weighted by molar-refractivity contribution is -0.116. The second-order valence-electron chi connectivity index (χ2n) is 4.28. The number of hydrogen-bond donors (Lipinski definition) is 2. The summed E-state index contributed by atoms with van der Waals surface area (Å²) in [6, 6.07) is 3.16. The minimum Gasteiger partial charge on any atom is -0.326 e. The van der Waals surface area contributed by atoms with Gasteiger partial charge in [0.25, 0.3) is 0 Å². The average molecular weight is 243 g/mol. The van der Waals surface area contributed by atoms with Crippen LogP contribution in [0.5, 0.6) is 0 Å². The summed E-state index contributed by atoms with van der Waals surface area (Å²) in [6.07, 6.45) is 0.966. The van der Waals surface area contributed by atoms with Crippen molar-refractivity contribution in [3.05, 3.63) is 17.3 Å². The molecule has 5 nitrogen and oxygen atoms in total. The van der Waals surface area contributed by atoms with Crippen molar-refractivity contribution in [1.82, 2.24) is 10.2 Å². The molecule has 6 heteroatoms. The van der Waals surface area contributed by atoms with Crippen LogP contribution in [0.25, 0.3) is 0 Å². The maximum absolute atomic E-state index is 11.5. The van der Waals surface area contributed by atoms with E-state index in [-0.39, 0.29) is 11.4 Å². The van der Waals surface area contributed by atoms with E-state index in [1.165, 1.54) is 0 Å². The number of halogens is 1. The predicted octanol–water partition coefficient (Wildman–Crippen LogP) is 1.59. The van der Waals surface area contributed by atoms with Crippen molar-refractivity contribution in [1.29, 1.82) is 0 Å². The summed E-state index contributed by atoms with van der Waals surface area (Å²) in [5, 5.41) is 10.2. The van der Waals surface area contributed by atoms with Crippen LogP contribution in [-0.4, -0.2) is 21.6 Å². The quantitative estimate of drug-likeness (QED) is 0.840. The monoisotopic (exact) mass is 242 g/mol. The molecule has 1 aromatic rings. The van der Waals surface area contributed by atoms with Gasteiger partial charge in [-0.15, -0.1) is 10.2 Å². The van der Waals surface area contributed by atoms with Crippen molar-refractivity contribution < 1.29 is 4.79 Å². The molecule has 0 aliphatic rings. The van der Waals surface area contributed by atoms with Crippen LogP contribution in [0.1, 0.15) is 26.7 Å². The molecule has 0 unspecified atom stereocenters. The Morgan fingerprint density at radius 1 is 1.50 bits per heavy atom. The molecule has 0 saturated carbocycles. The minimum atomic E-state index is -0.344. The number of nitrogens with zero attached hydrogens (tertiary/aromatic N) is 2. The molecule has 88 valence electrons. The molecule has 0 spiro atoms. The molecular formula is C10H15ClN4O. The Labute approximate surface area is 99.4 Å².